The van der Waals surface area contributed by atoms with Crippen molar-refractivity contribution in [2.24, 2.45) is 0 Å². The van der Waals surface area contributed by atoms with Crippen molar-refractivity contribution in [3.63, 3.8) is 0 Å². The summed E-state index contributed by atoms with van der Waals surface area (Å²) in [6.45, 7) is 19.1. The molecule has 2 heteroatoms. The molecule has 150 valence electrons. The second kappa shape index (κ2) is 7.28. The van der Waals surface area contributed by atoms with Crippen LogP contribution >= 0.6 is 0 Å². The Morgan fingerprint density at radius 1 is 0.714 bits per heavy atom. The molecule has 0 aliphatic carbocycles. The van der Waals surface area contributed by atoms with E-state index >= 15 is 0 Å². The first-order chi connectivity index (χ1) is 12.7. The van der Waals surface area contributed by atoms with Crippen LogP contribution in [-0.4, -0.2) is 5.11 Å². The summed E-state index contributed by atoms with van der Waals surface area (Å²) in [7, 11) is 0. The molecule has 0 heterocycles. The van der Waals surface area contributed by atoms with E-state index in [1.165, 1.54) is 5.56 Å². The molecule has 0 aliphatic heterocycles. The highest BCUT2D eigenvalue weighted by molar-refractivity contribution is 5.53. The number of phenols is 1. The minimum absolute atomic E-state index is 0.0814. The molecular formula is C26H35NO. The third-order valence-electron chi connectivity index (χ3n) is 5.32. The zero-order chi connectivity index (χ0) is 21.5. The number of rotatable bonds is 2. The Kier molecular flexibility index (Phi) is 5.73. The summed E-state index contributed by atoms with van der Waals surface area (Å²) in [6.07, 6.45) is 0. The average molecular weight is 378 g/mol. The normalized spacial score (nSPS) is 13.9. The van der Waals surface area contributed by atoms with Gasteiger partial charge in [0, 0.05) is 0 Å². The molecule has 1 unspecified atom stereocenters. The van der Waals surface area contributed by atoms with Gasteiger partial charge >= 0.3 is 0 Å². The van der Waals surface area contributed by atoms with Crippen LogP contribution in [0.25, 0.3) is 0 Å². The zero-order valence-electron chi connectivity index (χ0n) is 18.9. The van der Waals surface area contributed by atoms with Gasteiger partial charge in [0.1, 0.15) is 5.75 Å². The Morgan fingerprint density at radius 3 is 1.46 bits per heavy atom. The predicted octanol–water partition coefficient (Wildman–Crippen LogP) is 6.94. The van der Waals surface area contributed by atoms with Gasteiger partial charge in [-0.25, -0.2) is 0 Å². The number of phenolic OH excluding ortho intramolecular Hbond substituents is 1. The van der Waals surface area contributed by atoms with Gasteiger partial charge in [-0.15, -0.1) is 0 Å². The number of nitriles is 1. The molecule has 2 nitrogen and oxygen atoms in total. The SMILES string of the molecule is CC(C)(C)c1ccc(C(C#N)c2cc(C(C)(C)C)c(O)c(C(C)(C)C)c2)cc1. The quantitative estimate of drug-likeness (QED) is 0.616. The largest absolute Gasteiger partial charge is 0.507 e. The first-order valence-electron chi connectivity index (χ1n) is 10.0. The van der Waals surface area contributed by atoms with E-state index in [2.05, 4.69) is 92.6 Å². The van der Waals surface area contributed by atoms with Crippen molar-refractivity contribution in [1.82, 2.24) is 0 Å². The highest BCUT2D eigenvalue weighted by Crippen LogP contribution is 2.42. The third kappa shape index (κ3) is 4.58. The molecule has 0 amide bonds. The van der Waals surface area contributed by atoms with E-state index in [4.69, 9.17) is 0 Å². The highest BCUT2D eigenvalue weighted by Gasteiger charge is 2.28. The highest BCUT2D eigenvalue weighted by atomic mass is 16.3. The zero-order valence-corrected chi connectivity index (χ0v) is 18.9. The molecule has 2 rings (SSSR count). The molecule has 2 aromatic rings. The minimum atomic E-state index is -0.364. The van der Waals surface area contributed by atoms with Gasteiger partial charge in [0.05, 0.1) is 12.0 Å². The average Bonchev–Trinajstić information content (AvgIpc) is 2.54. The molecule has 0 saturated heterocycles. The molecule has 28 heavy (non-hydrogen) atoms. The summed E-state index contributed by atoms with van der Waals surface area (Å²) in [6, 6.07) is 14.9. The van der Waals surface area contributed by atoms with Gasteiger partial charge in [0.25, 0.3) is 0 Å². The van der Waals surface area contributed by atoms with Gasteiger partial charge in [0.2, 0.25) is 0 Å². The molecule has 0 saturated carbocycles. The Balaban J connectivity index is 2.66. The third-order valence-corrected chi connectivity index (χ3v) is 5.32. The van der Waals surface area contributed by atoms with Crippen LogP contribution in [0.1, 0.15) is 96.0 Å². The molecule has 0 radical (unpaired) electrons. The van der Waals surface area contributed by atoms with E-state index in [1.807, 2.05) is 12.1 Å². The Bertz CT molecular complexity index is 843. The summed E-state index contributed by atoms with van der Waals surface area (Å²) >= 11 is 0. The smallest absolute Gasteiger partial charge is 0.123 e. The van der Waals surface area contributed by atoms with Crippen molar-refractivity contribution >= 4 is 0 Å². The molecular weight excluding hydrogens is 342 g/mol. The molecule has 0 aromatic heterocycles. The van der Waals surface area contributed by atoms with Gasteiger partial charge in [-0.05, 0) is 56.2 Å². The summed E-state index contributed by atoms with van der Waals surface area (Å²) < 4.78 is 0. The molecule has 0 fully saturated rings. The number of nitrogens with zero attached hydrogens (tertiary/aromatic N) is 1. The van der Waals surface area contributed by atoms with Gasteiger partial charge in [0.15, 0.2) is 0 Å². The monoisotopic (exact) mass is 377 g/mol. The maximum atomic E-state index is 11.0. The second-order valence-electron chi connectivity index (χ2n) is 10.9. The van der Waals surface area contributed by atoms with Crippen LogP contribution in [0.4, 0.5) is 0 Å². The van der Waals surface area contributed by atoms with Crippen molar-refractivity contribution in [2.75, 3.05) is 0 Å². The van der Waals surface area contributed by atoms with Crippen molar-refractivity contribution in [2.45, 2.75) is 84.5 Å². The lowest BCUT2D eigenvalue weighted by Crippen LogP contribution is -2.18. The Hall–Kier alpha value is -2.27. The van der Waals surface area contributed by atoms with Crippen molar-refractivity contribution in [3.8, 4) is 11.8 Å². The van der Waals surface area contributed by atoms with Crippen LogP contribution in [0, 0.1) is 11.3 Å². The first kappa shape index (κ1) is 22.0. The molecule has 0 aliphatic rings. The van der Waals surface area contributed by atoms with E-state index in [0.717, 1.165) is 22.3 Å². The number of hydrogen-bond donors (Lipinski definition) is 1. The fourth-order valence-corrected chi connectivity index (χ4v) is 3.48. The van der Waals surface area contributed by atoms with Crippen LogP contribution in [0.2, 0.25) is 0 Å². The lowest BCUT2D eigenvalue weighted by molar-refractivity contribution is 0.422. The van der Waals surface area contributed by atoms with E-state index in [-0.39, 0.29) is 22.2 Å². The maximum Gasteiger partial charge on any atom is 0.123 e. The van der Waals surface area contributed by atoms with Gasteiger partial charge in [-0.3, -0.25) is 0 Å². The minimum Gasteiger partial charge on any atom is -0.507 e. The van der Waals surface area contributed by atoms with E-state index < -0.39 is 0 Å². The fourth-order valence-electron chi connectivity index (χ4n) is 3.48. The summed E-state index contributed by atoms with van der Waals surface area (Å²) in [5.74, 6) is -0.0136. The molecule has 0 bridgehead atoms. The number of hydrogen-bond acceptors (Lipinski definition) is 2. The Morgan fingerprint density at radius 2 is 1.14 bits per heavy atom. The molecule has 1 N–H and O–H groups in total. The van der Waals surface area contributed by atoms with E-state index in [1.54, 1.807) is 0 Å². The van der Waals surface area contributed by atoms with Crippen molar-refractivity contribution in [1.29, 1.82) is 5.26 Å². The first-order valence-corrected chi connectivity index (χ1v) is 10.0. The topological polar surface area (TPSA) is 44.0 Å². The van der Waals surface area contributed by atoms with Gasteiger partial charge < -0.3 is 5.11 Å². The van der Waals surface area contributed by atoms with Crippen LogP contribution < -0.4 is 0 Å². The van der Waals surface area contributed by atoms with Crippen LogP contribution in [0.3, 0.4) is 0 Å². The van der Waals surface area contributed by atoms with Gasteiger partial charge in [-0.1, -0.05) is 86.6 Å². The van der Waals surface area contributed by atoms with E-state index in [0.29, 0.717) is 5.75 Å². The second-order valence-corrected chi connectivity index (χ2v) is 10.9. The lowest BCUT2D eigenvalue weighted by atomic mass is 9.76. The molecule has 0 spiro atoms. The summed E-state index contributed by atoms with van der Waals surface area (Å²) in [4.78, 5) is 0. The lowest BCUT2D eigenvalue weighted by Gasteiger charge is -2.29. The number of benzene rings is 2. The van der Waals surface area contributed by atoms with Crippen molar-refractivity contribution < 1.29 is 5.11 Å². The van der Waals surface area contributed by atoms with Crippen molar-refractivity contribution in [3.05, 3.63) is 64.2 Å². The van der Waals surface area contributed by atoms with Gasteiger partial charge in [-0.2, -0.15) is 5.26 Å². The molecule has 2 aromatic carbocycles. The van der Waals surface area contributed by atoms with Crippen LogP contribution in [-0.2, 0) is 16.2 Å². The van der Waals surface area contributed by atoms with E-state index in [9.17, 15) is 10.4 Å². The van der Waals surface area contributed by atoms with Crippen LogP contribution in [0.15, 0.2) is 36.4 Å². The predicted molar refractivity (Wildman–Crippen MR) is 118 cm³/mol. The Labute approximate surface area is 171 Å². The standard InChI is InChI=1S/C26H35NO/c1-24(2,3)19-12-10-17(11-13-19)20(16-27)18-14-21(25(4,5)6)23(28)22(15-18)26(7,8)9/h10-15,20,28H,1-9H3. The molecule has 1 atom stereocenters. The number of aromatic hydroxyl groups is 1. The summed E-state index contributed by atoms with van der Waals surface area (Å²) in [5.41, 5.74) is 4.62. The van der Waals surface area contributed by atoms with Crippen LogP contribution in [0.5, 0.6) is 5.75 Å². The summed E-state index contributed by atoms with van der Waals surface area (Å²) in [5, 5.41) is 21.0. The maximum absolute atomic E-state index is 11.0. The fraction of sp³-hybridized carbons (Fsp3) is 0.500.